The molecule has 1 amide bonds. The molecule has 0 spiro atoms. The van der Waals surface area contributed by atoms with Gasteiger partial charge in [0.2, 0.25) is 15.9 Å². The van der Waals surface area contributed by atoms with Crippen LogP contribution in [-0.2, 0) is 14.8 Å². The number of hydrogen-bond donors (Lipinski definition) is 1. The highest BCUT2D eigenvalue weighted by Crippen LogP contribution is 2.31. The molecule has 6 nitrogen and oxygen atoms in total. The molecule has 1 heterocycles. The van der Waals surface area contributed by atoms with Gasteiger partial charge in [0.25, 0.3) is 0 Å². The van der Waals surface area contributed by atoms with Crippen molar-refractivity contribution in [3.63, 3.8) is 0 Å². The molecule has 1 fully saturated rings. The number of nitrogens with zero attached hydrogens (tertiary/aromatic N) is 2. The molecule has 1 aromatic rings. The summed E-state index contributed by atoms with van der Waals surface area (Å²) in [4.78, 5) is 13.6. The van der Waals surface area contributed by atoms with Gasteiger partial charge in [0, 0.05) is 32.7 Å². The zero-order valence-electron chi connectivity index (χ0n) is 13.5. The van der Waals surface area contributed by atoms with Crippen molar-refractivity contribution in [2.24, 2.45) is 0 Å². The molecule has 0 radical (unpaired) electrons. The van der Waals surface area contributed by atoms with E-state index in [0.29, 0.717) is 32.7 Å². The summed E-state index contributed by atoms with van der Waals surface area (Å²) in [5.41, 5.74) is 0. The van der Waals surface area contributed by atoms with Gasteiger partial charge < -0.3 is 5.32 Å². The molecule has 9 heteroatoms. The lowest BCUT2D eigenvalue weighted by molar-refractivity contribution is -0.122. The SMILES string of the molecule is CCCNC(=O)CN1CCN(S(=O)(=O)c2c(Cl)cccc2Cl)CC1. The molecule has 1 aliphatic heterocycles. The lowest BCUT2D eigenvalue weighted by Gasteiger charge is -2.33. The molecule has 0 saturated carbocycles. The van der Waals surface area contributed by atoms with Gasteiger partial charge in [-0.2, -0.15) is 4.31 Å². The van der Waals surface area contributed by atoms with E-state index >= 15 is 0 Å². The van der Waals surface area contributed by atoms with Crippen molar-refractivity contribution in [3.8, 4) is 0 Å². The largest absolute Gasteiger partial charge is 0.355 e. The molecule has 1 aromatic carbocycles. The fraction of sp³-hybridized carbons (Fsp3) is 0.533. The second-order valence-electron chi connectivity index (χ2n) is 5.58. The molecule has 0 atom stereocenters. The predicted molar refractivity (Wildman–Crippen MR) is 95.0 cm³/mol. The van der Waals surface area contributed by atoms with Crippen molar-refractivity contribution in [3.05, 3.63) is 28.2 Å². The van der Waals surface area contributed by atoms with Gasteiger partial charge in [0.05, 0.1) is 16.6 Å². The number of carbonyl (C=O) groups excluding carboxylic acids is 1. The van der Waals surface area contributed by atoms with Crippen LogP contribution in [0.15, 0.2) is 23.1 Å². The Morgan fingerprint density at radius 2 is 1.75 bits per heavy atom. The summed E-state index contributed by atoms with van der Waals surface area (Å²) in [6.45, 7) is 4.49. The van der Waals surface area contributed by atoms with E-state index in [0.717, 1.165) is 6.42 Å². The fourth-order valence-corrected chi connectivity index (χ4v) is 5.02. The van der Waals surface area contributed by atoms with Crippen molar-refractivity contribution in [2.75, 3.05) is 39.3 Å². The third-order valence-electron chi connectivity index (χ3n) is 3.79. The van der Waals surface area contributed by atoms with Gasteiger partial charge in [-0.25, -0.2) is 8.42 Å². The normalized spacial score (nSPS) is 17.0. The van der Waals surface area contributed by atoms with Crippen LogP contribution < -0.4 is 5.32 Å². The van der Waals surface area contributed by atoms with Gasteiger partial charge in [-0.1, -0.05) is 36.2 Å². The minimum absolute atomic E-state index is 0.0395. The van der Waals surface area contributed by atoms with Crippen LogP contribution in [0, 0.1) is 0 Å². The third-order valence-corrected chi connectivity index (χ3v) is 6.64. The van der Waals surface area contributed by atoms with E-state index in [-0.39, 0.29) is 27.4 Å². The summed E-state index contributed by atoms with van der Waals surface area (Å²) in [5, 5.41) is 3.04. The quantitative estimate of drug-likeness (QED) is 0.799. The van der Waals surface area contributed by atoms with Crippen LogP contribution in [0.2, 0.25) is 10.0 Å². The second kappa shape index (κ2) is 8.49. The van der Waals surface area contributed by atoms with Crippen molar-refractivity contribution < 1.29 is 13.2 Å². The van der Waals surface area contributed by atoms with E-state index < -0.39 is 10.0 Å². The number of hydrogen-bond acceptors (Lipinski definition) is 4. The van der Waals surface area contributed by atoms with Crippen LogP contribution in [0.1, 0.15) is 13.3 Å². The van der Waals surface area contributed by atoms with Crippen LogP contribution in [-0.4, -0.2) is 62.8 Å². The number of halogens is 2. The molecular weight excluding hydrogens is 373 g/mol. The summed E-state index contributed by atoms with van der Waals surface area (Å²) in [7, 11) is -3.75. The Balaban J connectivity index is 2.00. The monoisotopic (exact) mass is 393 g/mol. The zero-order valence-corrected chi connectivity index (χ0v) is 15.8. The van der Waals surface area contributed by atoms with Gasteiger partial charge in [-0.3, -0.25) is 9.69 Å². The molecule has 1 aliphatic rings. The molecule has 134 valence electrons. The molecule has 24 heavy (non-hydrogen) atoms. The first-order chi connectivity index (χ1) is 11.4. The van der Waals surface area contributed by atoms with Gasteiger partial charge in [-0.05, 0) is 18.6 Å². The fourth-order valence-electron chi connectivity index (χ4n) is 2.51. The number of piperazine rings is 1. The Labute approximate surface area is 152 Å². The standard InChI is InChI=1S/C15H21Cl2N3O3S/c1-2-6-18-14(21)11-19-7-9-20(10-8-19)24(22,23)15-12(16)4-3-5-13(15)17/h3-5H,2,6-11H2,1H3,(H,18,21). The second-order valence-corrected chi connectivity index (χ2v) is 8.27. The molecule has 0 bridgehead atoms. The highest BCUT2D eigenvalue weighted by Gasteiger charge is 2.32. The maximum absolute atomic E-state index is 12.8. The number of rotatable bonds is 6. The number of sulfonamides is 1. The van der Waals surface area contributed by atoms with Gasteiger partial charge in [0.1, 0.15) is 4.90 Å². The highest BCUT2D eigenvalue weighted by molar-refractivity contribution is 7.89. The Bertz CT molecular complexity index is 669. The van der Waals surface area contributed by atoms with E-state index in [1.54, 1.807) is 6.07 Å². The van der Waals surface area contributed by atoms with Crippen molar-refractivity contribution in [1.82, 2.24) is 14.5 Å². The molecule has 0 aliphatic carbocycles. The van der Waals surface area contributed by atoms with E-state index in [4.69, 9.17) is 23.2 Å². The van der Waals surface area contributed by atoms with E-state index in [1.165, 1.54) is 16.4 Å². The topological polar surface area (TPSA) is 69.7 Å². The number of carbonyl (C=O) groups is 1. The minimum atomic E-state index is -3.75. The number of benzene rings is 1. The van der Waals surface area contributed by atoms with Crippen molar-refractivity contribution in [1.29, 1.82) is 0 Å². The first-order valence-electron chi connectivity index (χ1n) is 7.79. The number of nitrogens with one attached hydrogen (secondary N) is 1. The minimum Gasteiger partial charge on any atom is -0.355 e. The average Bonchev–Trinajstić information content (AvgIpc) is 2.53. The molecular formula is C15H21Cl2N3O3S. The summed E-state index contributed by atoms with van der Waals surface area (Å²) in [6.07, 6.45) is 0.885. The van der Waals surface area contributed by atoms with Gasteiger partial charge >= 0.3 is 0 Å². The van der Waals surface area contributed by atoms with E-state index in [1.807, 2.05) is 11.8 Å². The molecule has 2 rings (SSSR count). The lowest BCUT2D eigenvalue weighted by Crippen LogP contribution is -2.51. The van der Waals surface area contributed by atoms with E-state index in [9.17, 15) is 13.2 Å². The average molecular weight is 394 g/mol. The summed E-state index contributed by atoms with van der Waals surface area (Å²) < 4.78 is 26.9. The highest BCUT2D eigenvalue weighted by atomic mass is 35.5. The smallest absolute Gasteiger partial charge is 0.246 e. The van der Waals surface area contributed by atoms with Crippen LogP contribution in [0.3, 0.4) is 0 Å². The molecule has 0 aromatic heterocycles. The van der Waals surface area contributed by atoms with Crippen LogP contribution in [0.5, 0.6) is 0 Å². The van der Waals surface area contributed by atoms with Crippen molar-refractivity contribution in [2.45, 2.75) is 18.2 Å². The Kier molecular flexibility index (Phi) is 6.88. The maximum atomic E-state index is 12.8. The first-order valence-corrected chi connectivity index (χ1v) is 9.99. The Morgan fingerprint density at radius 3 is 2.29 bits per heavy atom. The van der Waals surface area contributed by atoms with Crippen LogP contribution >= 0.6 is 23.2 Å². The van der Waals surface area contributed by atoms with Crippen LogP contribution in [0.25, 0.3) is 0 Å². The molecule has 1 N–H and O–H groups in total. The molecule has 0 unspecified atom stereocenters. The summed E-state index contributed by atoms with van der Waals surface area (Å²) in [5.74, 6) is -0.0395. The van der Waals surface area contributed by atoms with Crippen LogP contribution in [0.4, 0.5) is 0 Å². The number of amides is 1. The Morgan fingerprint density at radius 1 is 1.17 bits per heavy atom. The Hall–Kier alpha value is -0.860. The summed E-state index contributed by atoms with van der Waals surface area (Å²) in [6, 6.07) is 4.62. The molecule has 1 saturated heterocycles. The van der Waals surface area contributed by atoms with Gasteiger partial charge in [0.15, 0.2) is 0 Å². The van der Waals surface area contributed by atoms with Crippen molar-refractivity contribution >= 4 is 39.1 Å². The maximum Gasteiger partial charge on any atom is 0.246 e. The first kappa shape index (κ1) is 19.5. The zero-order chi connectivity index (χ0) is 17.7. The van der Waals surface area contributed by atoms with E-state index in [2.05, 4.69) is 5.32 Å². The summed E-state index contributed by atoms with van der Waals surface area (Å²) >= 11 is 12.1. The third kappa shape index (κ3) is 4.61. The van der Waals surface area contributed by atoms with Gasteiger partial charge in [-0.15, -0.1) is 0 Å². The lowest BCUT2D eigenvalue weighted by atomic mass is 10.3. The predicted octanol–water partition coefficient (Wildman–Crippen LogP) is 1.83.